The van der Waals surface area contributed by atoms with Crippen LogP contribution in [0.2, 0.25) is 0 Å². The zero-order chi connectivity index (χ0) is 17.9. The van der Waals surface area contributed by atoms with Crippen molar-refractivity contribution in [1.82, 2.24) is 0 Å². The SMILES string of the molecule is CC1(C)OC[C@@H](C/C=C/c2ccc(O)cc2)[C@@H](c2ccc(O)cc2)O1. The smallest absolute Gasteiger partial charge is 0.163 e. The molecule has 2 atom stereocenters. The highest BCUT2D eigenvalue weighted by Gasteiger charge is 2.36. The summed E-state index contributed by atoms with van der Waals surface area (Å²) in [5.41, 5.74) is 2.08. The Labute approximate surface area is 148 Å². The van der Waals surface area contributed by atoms with Crippen LogP contribution in [0.15, 0.2) is 54.6 Å². The molecule has 132 valence electrons. The maximum absolute atomic E-state index is 9.52. The van der Waals surface area contributed by atoms with Gasteiger partial charge in [-0.15, -0.1) is 0 Å². The molecule has 2 aromatic rings. The van der Waals surface area contributed by atoms with E-state index in [9.17, 15) is 10.2 Å². The molecule has 2 aromatic carbocycles. The molecule has 1 aliphatic heterocycles. The number of benzene rings is 2. The average Bonchev–Trinajstić information content (AvgIpc) is 2.58. The van der Waals surface area contributed by atoms with Crippen LogP contribution >= 0.6 is 0 Å². The van der Waals surface area contributed by atoms with E-state index in [0.29, 0.717) is 6.61 Å². The maximum Gasteiger partial charge on any atom is 0.163 e. The Balaban J connectivity index is 1.73. The van der Waals surface area contributed by atoms with Gasteiger partial charge in [0.05, 0.1) is 12.7 Å². The number of phenols is 2. The zero-order valence-corrected chi connectivity index (χ0v) is 14.6. The van der Waals surface area contributed by atoms with Gasteiger partial charge in [0.1, 0.15) is 11.5 Å². The van der Waals surface area contributed by atoms with Gasteiger partial charge in [0.15, 0.2) is 5.79 Å². The lowest BCUT2D eigenvalue weighted by atomic mass is 9.91. The molecular weight excluding hydrogens is 316 g/mol. The van der Waals surface area contributed by atoms with Gasteiger partial charge < -0.3 is 19.7 Å². The quantitative estimate of drug-likeness (QED) is 0.851. The maximum atomic E-state index is 9.52. The minimum absolute atomic E-state index is 0.0891. The van der Waals surface area contributed by atoms with Gasteiger partial charge in [0.2, 0.25) is 0 Å². The van der Waals surface area contributed by atoms with Crippen LogP contribution in [-0.2, 0) is 9.47 Å². The van der Waals surface area contributed by atoms with Gasteiger partial charge in [0.25, 0.3) is 0 Å². The highest BCUT2D eigenvalue weighted by atomic mass is 16.7. The van der Waals surface area contributed by atoms with Crippen molar-refractivity contribution in [2.45, 2.75) is 32.2 Å². The molecule has 2 N–H and O–H groups in total. The summed E-state index contributed by atoms with van der Waals surface area (Å²) in [5.74, 6) is 0.0744. The van der Waals surface area contributed by atoms with Crippen LogP contribution in [0.25, 0.3) is 6.08 Å². The number of rotatable bonds is 4. The molecule has 1 fully saturated rings. The minimum Gasteiger partial charge on any atom is -0.508 e. The molecular formula is C21H24O4. The van der Waals surface area contributed by atoms with Gasteiger partial charge in [-0.2, -0.15) is 0 Å². The van der Waals surface area contributed by atoms with Crippen LogP contribution < -0.4 is 0 Å². The summed E-state index contributed by atoms with van der Waals surface area (Å²) in [6, 6.07) is 14.3. The van der Waals surface area contributed by atoms with E-state index >= 15 is 0 Å². The molecule has 1 aliphatic rings. The first-order chi connectivity index (χ1) is 11.9. The largest absolute Gasteiger partial charge is 0.508 e. The van der Waals surface area contributed by atoms with Gasteiger partial charge in [-0.1, -0.05) is 36.4 Å². The van der Waals surface area contributed by atoms with E-state index in [-0.39, 0.29) is 23.5 Å². The summed E-state index contributed by atoms with van der Waals surface area (Å²) in [4.78, 5) is 0. The minimum atomic E-state index is -0.625. The lowest BCUT2D eigenvalue weighted by Gasteiger charge is -2.41. The fourth-order valence-corrected chi connectivity index (χ4v) is 2.99. The summed E-state index contributed by atoms with van der Waals surface area (Å²) in [6.07, 6.45) is 4.86. The predicted molar refractivity (Wildman–Crippen MR) is 97.2 cm³/mol. The second-order valence-electron chi connectivity index (χ2n) is 6.83. The normalized spacial score (nSPS) is 23.0. The van der Waals surface area contributed by atoms with Gasteiger partial charge >= 0.3 is 0 Å². The summed E-state index contributed by atoms with van der Waals surface area (Å²) in [5, 5.41) is 18.9. The number of aromatic hydroxyl groups is 2. The third-order valence-corrected chi connectivity index (χ3v) is 4.35. The number of allylic oxidation sites excluding steroid dienone is 1. The van der Waals surface area contributed by atoms with Crippen molar-refractivity contribution in [1.29, 1.82) is 0 Å². The third kappa shape index (κ3) is 4.62. The standard InChI is InChI=1S/C21H24O4/c1-21(2)24-14-17(5-3-4-15-6-10-18(22)11-7-15)20(25-21)16-8-12-19(23)13-9-16/h3-4,6-13,17,20,22-23H,5,14H2,1-2H3/b4-3+/t17-,20-/m1/s1. The molecule has 4 nitrogen and oxygen atoms in total. The van der Waals surface area contributed by atoms with Crippen molar-refractivity contribution in [2.24, 2.45) is 5.92 Å². The summed E-state index contributed by atoms with van der Waals surface area (Å²) in [7, 11) is 0. The Bertz CT molecular complexity index is 717. The number of phenolic OH excluding ortho intramolecular Hbond substituents is 2. The average molecular weight is 340 g/mol. The lowest BCUT2D eigenvalue weighted by Crippen LogP contribution is -2.41. The monoisotopic (exact) mass is 340 g/mol. The van der Waals surface area contributed by atoms with Crippen LogP contribution in [0.3, 0.4) is 0 Å². The van der Waals surface area contributed by atoms with E-state index in [1.165, 1.54) is 0 Å². The number of hydrogen-bond acceptors (Lipinski definition) is 4. The van der Waals surface area contributed by atoms with E-state index in [1.54, 1.807) is 24.3 Å². The molecule has 0 unspecified atom stereocenters. The fourth-order valence-electron chi connectivity index (χ4n) is 2.99. The summed E-state index contributed by atoms with van der Waals surface area (Å²) < 4.78 is 12.0. The Kier molecular flexibility index (Phi) is 5.11. The molecule has 4 heteroatoms. The topological polar surface area (TPSA) is 58.9 Å². The van der Waals surface area contributed by atoms with Crippen LogP contribution in [-0.4, -0.2) is 22.6 Å². The molecule has 3 rings (SSSR count). The van der Waals surface area contributed by atoms with Gasteiger partial charge in [-0.25, -0.2) is 0 Å². The van der Waals surface area contributed by atoms with E-state index < -0.39 is 5.79 Å². The first-order valence-corrected chi connectivity index (χ1v) is 8.49. The molecule has 0 aromatic heterocycles. The molecule has 0 spiro atoms. The number of hydrogen-bond donors (Lipinski definition) is 2. The van der Waals surface area contributed by atoms with Crippen molar-refractivity contribution < 1.29 is 19.7 Å². The zero-order valence-electron chi connectivity index (χ0n) is 14.6. The van der Waals surface area contributed by atoms with Crippen molar-refractivity contribution in [3.05, 3.63) is 65.7 Å². The molecule has 0 aliphatic carbocycles. The number of ether oxygens (including phenoxy) is 2. The van der Waals surface area contributed by atoms with Crippen molar-refractivity contribution in [3.8, 4) is 11.5 Å². The Morgan fingerprint density at radius 3 is 2.24 bits per heavy atom. The third-order valence-electron chi connectivity index (χ3n) is 4.35. The molecule has 0 radical (unpaired) electrons. The highest BCUT2D eigenvalue weighted by Crippen LogP contribution is 2.39. The van der Waals surface area contributed by atoms with Crippen molar-refractivity contribution in [3.63, 3.8) is 0 Å². The molecule has 1 heterocycles. The molecule has 0 saturated carbocycles. The molecule has 0 amide bonds. The van der Waals surface area contributed by atoms with Crippen molar-refractivity contribution in [2.75, 3.05) is 6.61 Å². The summed E-state index contributed by atoms with van der Waals surface area (Å²) in [6.45, 7) is 4.45. The highest BCUT2D eigenvalue weighted by molar-refractivity contribution is 5.50. The molecule has 0 bridgehead atoms. The predicted octanol–water partition coefficient (Wildman–Crippen LogP) is 4.64. The van der Waals surface area contributed by atoms with E-state index in [0.717, 1.165) is 17.5 Å². The summed E-state index contributed by atoms with van der Waals surface area (Å²) >= 11 is 0. The first kappa shape index (κ1) is 17.5. The van der Waals surface area contributed by atoms with Crippen LogP contribution in [0, 0.1) is 5.92 Å². The Morgan fingerprint density at radius 1 is 1.00 bits per heavy atom. The Morgan fingerprint density at radius 2 is 1.60 bits per heavy atom. The second kappa shape index (κ2) is 7.30. The van der Waals surface area contributed by atoms with Gasteiger partial charge in [0, 0.05) is 5.92 Å². The van der Waals surface area contributed by atoms with E-state index in [4.69, 9.17) is 9.47 Å². The molecule has 25 heavy (non-hydrogen) atoms. The van der Waals surface area contributed by atoms with Gasteiger partial charge in [-0.05, 0) is 55.7 Å². The van der Waals surface area contributed by atoms with E-state index in [2.05, 4.69) is 6.08 Å². The van der Waals surface area contributed by atoms with E-state index in [1.807, 2.05) is 44.2 Å². The van der Waals surface area contributed by atoms with Crippen LogP contribution in [0.1, 0.15) is 37.5 Å². The van der Waals surface area contributed by atoms with Crippen molar-refractivity contribution >= 4 is 6.08 Å². The first-order valence-electron chi connectivity index (χ1n) is 8.49. The second-order valence-corrected chi connectivity index (χ2v) is 6.83. The Hall–Kier alpha value is -2.30. The van der Waals surface area contributed by atoms with Crippen LogP contribution in [0.4, 0.5) is 0 Å². The van der Waals surface area contributed by atoms with Crippen LogP contribution in [0.5, 0.6) is 11.5 Å². The lowest BCUT2D eigenvalue weighted by molar-refractivity contribution is -0.295. The fraction of sp³-hybridized carbons (Fsp3) is 0.333. The van der Waals surface area contributed by atoms with Gasteiger partial charge in [-0.3, -0.25) is 0 Å². The molecule has 1 saturated heterocycles.